The molecule has 0 unspecified atom stereocenters. The fourth-order valence-corrected chi connectivity index (χ4v) is 10.4. The Kier molecular flexibility index (Phi) is 7.13. The van der Waals surface area contributed by atoms with Crippen LogP contribution >= 0.6 is 0 Å². The van der Waals surface area contributed by atoms with Crippen molar-refractivity contribution >= 4 is 115 Å². The number of pyridine rings is 1. The first-order chi connectivity index (χ1) is 29.8. The Hall–Kier alpha value is -7.76. The Morgan fingerprint density at radius 1 is 0.267 bits per heavy atom. The normalized spacial score (nSPS) is 13.8. The predicted octanol–water partition coefficient (Wildman–Crippen LogP) is 9.25. The van der Waals surface area contributed by atoms with Gasteiger partial charge in [-0.05, 0) is 113 Å². The van der Waals surface area contributed by atoms with E-state index in [1.165, 1.54) is 56.0 Å². The molecule has 1 aromatic heterocycles. The summed E-state index contributed by atoms with van der Waals surface area (Å²) in [6.45, 7) is -0.205. The molecule has 60 heavy (non-hydrogen) atoms. The van der Waals surface area contributed by atoms with Crippen molar-refractivity contribution < 1.29 is 0 Å². The maximum Gasteiger partial charge on any atom is 0.275 e. The minimum Gasteiger partial charge on any atom is -0.311 e. The van der Waals surface area contributed by atoms with Crippen LogP contribution in [0, 0.1) is 0 Å². The molecule has 0 saturated heterocycles. The van der Waals surface area contributed by atoms with Gasteiger partial charge in [0.25, 0.3) is 13.4 Å². The Morgan fingerprint density at radius 3 is 0.900 bits per heavy atom. The molecule has 4 aliphatic heterocycles. The zero-order chi connectivity index (χ0) is 39.3. The summed E-state index contributed by atoms with van der Waals surface area (Å²) < 4.78 is 0. The van der Waals surface area contributed by atoms with Crippen LogP contribution in [0.3, 0.4) is 0 Å². The van der Waals surface area contributed by atoms with Gasteiger partial charge in [-0.25, -0.2) is 0 Å². The van der Waals surface area contributed by atoms with E-state index in [-0.39, 0.29) is 13.4 Å². The molecular formula is C53H35B2N5. The Balaban J connectivity index is 1.14. The van der Waals surface area contributed by atoms with Gasteiger partial charge in [0.05, 0.1) is 11.4 Å². The van der Waals surface area contributed by atoms with Crippen molar-refractivity contribution in [1.29, 1.82) is 0 Å². The van der Waals surface area contributed by atoms with Crippen LogP contribution in [0.5, 0.6) is 0 Å². The van der Waals surface area contributed by atoms with E-state index in [0.717, 1.165) is 45.3 Å². The van der Waals surface area contributed by atoms with Crippen molar-refractivity contribution in [3.8, 4) is 0 Å². The number of anilines is 12. The molecule has 0 fully saturated rings. The lowest BCUT2D eigenvalue weighted by Gasteiger charge is -2.46. The third kappa shape index (κ3) is 4.63. The summed E-state index contributed by atoms with van der Waals surface area (Å²) >= 11 is 0. The van der Waals surface area contributed by atoms with Gasteiger partial charge in [-0.3, -0.25) is 4.98 Å². The maximum absolute atomic E-state index is 6.13. The van der Waals surface area contributed by atoms with Gasteiger partial charge >= 0.3 is 0 Å². The average molecular weight is 764 g/mol. The Labute approximate surface area is 350 Å². The summed E-state index contributed by atoms with van der Waals surface area (Å²) in [6.07, 6.45) is 0. The van der Waals surface area contributed by atoms with E-state index in [9.17, 15) is 0 Å². The second-order valence-corrected chi connectivity index (χ2v) is 15.9. The Bertz CT molecular complexity index is 2930. The summed E-state index contributed by atoms with van der Waals surface area (Å²) in [7, 11) is 0. The van der Waals surface area contributed by atoms with E-state index in [1.807, 2.05) is 0 Å². The molecule has 0 bridgehead atoms. The molecule has 5 heterocycles. The van der Waals surface area contributed by atoms with Gasteiger partial charge in [0.15, 0.2) is 0 Å². The molecule has 0 spiro atoms. The van der Waals surface area contributed by atoms with Crippen LogP contribution in [0.15, 0.2) is 212 Å². The lowest BCUT2D eigenvalue weighted by Crippen LogP contribution is -2.67. The van der Waals surface area contributed by atoms with Gasteiger partial charge in [-0.2, -0.15) is 0 Å². The summed E-state index contributed by atoms with van der Waals surface area (Å²) in [5.41, 5.74) is 20.8. The standard InChI is InChI=1S/C53H35B2N5/c1-5-19-36(20-6-1)57-42-29-15-13-27-40(42)54-50-44(57)31-17-33-46(50)59(38-23-9-3-10-24-38)48-35-49-53(56-52(48)54)55-41-28-14-16-30-43(41)58(37-21-7-2-8-22-37)45-32-18-34-47(51(45)55)60(49)39-25-11-4-12-26-39/h1-35H. The smallest absolute Gasteiger partial charge is 0.275 e. The fraction of sp³-hybridized carbons (Fsp3) is 0. The van der Waals surface area contributed by atoms with E-state index in [4.69, 9.17) is 4.98 Å². The summed E-state index contributed by atoms with van der Waals surface area (Å²) in [6, 6.07) is 77.1. The van der Waals surface area contributed by atoms with Gasteiger partial charge < -0.3 is 19.6 Å². The monoisotopic (exact) mass is 763 g/mol. The van der Waals surface area contributed by atoms with E-state index in [0.29, 0.717) is 0 Å². The van der Waals surface area contributed by atoms with Crippen LogP contribution in [0.2, 0.25) is 0 Å². The van der Waals surface area contributed by atoms with Crippen LogP contribution in [0.1, 0.15) is 0 Å². The van der Waals surface area contributed by atoms with Gasteiger partial charge in [0, 0.05) is 68.1 Å². The SMILES string of the molecule is c1ccc(N2c3ccccc3B3c4nc5c(cc4N(c4ccccc4)c4cccc2c43)N(c2ccccc2)c2cccc3c2B5c2ccccc2N3c2ccccc2)cc1. The molecule has 9 aromatic rings. The van der Waals surface area contributed by atoms with Crippen LogP contribution in [-0.4, -0.2) is 18.4 Å². The molecule has 0 radical (unpaired) electrons. The maximum atomic E-state index is 6.13. The van der Waals surface area contributed by atoms with Gasteiger partial charge in [0.1, 0.15) is 0 Å². The molecule has 278 valence electrons. The minimum atomic E-state index is -0.103. The molecule has 5 nitrogen and oxygen atoms in total. The van der Waals surface area contributed by atoms with E-state index >= 15 is 0 Å². The second kappa shape index (κ2) is 12.9. The van der Waals surface area contributed by atoms with Crippen molar-refractivity contribution in [2.45, 2.75) is 0 Å². The highest BCUT2D eigenvalue weighted by molar-refractivity contribution is 7.02. The first-order valence-electron chi connectivity index (χ1n) is 20.7. The van der Waals surface area contributed by atoms with Gasteiger partial charge in [0.2, 0.25) is 0 Å². The number of nitrogens with zero attached hydrogens (tertiary/aromatic N) is 5. The molecule has 0 N–H and O–H groups in total. The number of hydrogen-bond acceptors (Lipinski definition) is 5. The predicted molar refractivity (Wildman–Crippen MR) is 252 cm³/mol. The molecule has 0 aliphatic carbocycles. The van der Waals surface area contributed by atoms with Crippen LogP contribution in [-0.2, 0) is 0 Å². The topological polar surface area (TPSA) is 25.9 Å². The van der Waals surface area contributed by atoms with E-state index < -0.39 is 0 Å². The molecular weight excluding hydrogens is 728 g/mol. The zero-order valence-electron chi connectivity index (χ0n) is 32.6. The highest BCUT2D eigenvalue weighted by Gasteiger charge is 2.49. The lowest BCUT2D eigenvalue weighted by molar-refractivity contribution is 1.20. The van der Waals surface area contributed by atoms with Crippen molar-refractivity contribution in [1.82, 2.24) is 4.98 Å². The van der Waals surface area contributed by atoms with Crippen molar-refractivity contribution in [3.05, 3.63) is 212 Å². The molecule has 13 rings (SSSR count). The first kappa shape index (κ1) is 33.2. The number of para-hydroxylation sites is 6. The summed E-state index contributed by atoms with van der Waals surface area (Å²) in [4.78, 5) is 15.9. The number of fused-ring (bicyclic) bond motifs is 8. The third-order valence-corrected chi connectivity index (χ3v) is 12.8. The highest BCUT2D eigenvalue weighted by atomic mass is 15.2. The minimum absolute atomic E-state index is 0.103. The number of hydrogen-bond donors (Lipinski definition) is 0. The van der Waals surface area contributed by atoms with Crippen LogP contribution in [0.4, 0.5) is 68.2 Å². The quantitative estimate of drug-likeness (QED) is 0.167. The number of rotatable bonds is 4. The van der Waals surface area contributed by atoms with E-state index in [2.05, 4.69) is 232 Å². The van der Waals surface area contributed by atoms with Gasteiger partial charge in [-0.1, -0.05) is 121 Å². The molecule has 7 heteroatoms. The number of aromatic nitrogens is 1. The summed E-state index contributed by atoms with van der Waals surface area (Å²) in [5.74, 6) is 0. The summed E-state index contributed by atoms with van der Waals surface area (Å²) in [5, 5.41) is 0. The van der Waals surface area contributed by atoms with Crippen LogP contribution in [0.25, 0.3) is 0 Å². The van der Waals surface area contributed by atoms with Crippen molar-refractivity contribution in [3.63, 3.8) is 0 Å². The fourth-order valence-electron chi connectivity index (χ4n) is 10.4. The van der Waals surface area contributed by atoms with Crippen molar-refractivity contribution in [2.24, 2.45) is 0 Å². The highest BCUT2D eigenvalue weighted by Crippen LogP contribution is 2.47. The van der Waals surface area contributed by atoms with E-state index in [1.54, 1.807) is 0 Å². The second-order valence-electron chi connectivity index (χ2n) is 15.9. The Morgan fingerprint density at radius 2 is 0.550 bits per heavy atom. The lowest BCUT2D eigenvalue weighted by atomic mass is 9.33. The molecule has 4 aliphatic rings. The number of benzene rings is 8. The largest absolute Gasteiger partial charge is 0.311 e. The average Bonchev–Trinajstić information content (AvgIpc) is 3.32. The zero-order valence-corrected chi connectivity index (χ0v) is 32.6. The molecule has 0 atom stereocenters. The van der Waals surface area contributed by atoms with Crippen LogP contribution < -0.4 is 52.6 Å². The van der Waals surface area contributed by atoms with Gasteiger partial charge in [-0.15, -0.1) is 0 Å². The van der Waals surface area contributed by atoms with Crippen molar-refractivity contribution in [2.75, 3.05) is 19.6 Å². The first-order valence-corrected chi connectivity index (χ1v) is 20.7. The third-order valence-electron chi connectivity index (χ3n) is 12.8. The molecule has 0 saturated carbocycles. The molecule has 0 amide bonds. The molecule has 8 aromatic carbocycles.